The summed E-state index contributed by atoms with van der Waals surface area (Å²) in [4.78, 5) is 47.7. The van der Waals surface area contributed by atoms with Crippen molar-refractivity contribution in [2.45, 2.75) is 80.2 Å². The van der Waals surface area contributed by atoms with Crippen LogP contribution in [0, 0.1) is 5.82 Å². The molecule has 2 aliphatic heterocycles. The highest BCUT2D eigenvalue weighted by molar-refractivity contribution is 7.89. The molecular weight excluding hydrogens is 895 g/mol. The van der Waals surface area contributed by atoms with Gasteiger partial charge in [-0.25, -0.2) is 41.5 Å². The minimum absolute atomic E-state index is 0. The summed E-state index contributed by atoms with van der Waals surface area (Å²) < 4.78 is 143. The lowest BCUT2D eigenvalue weighted by molar-refractivity contribution is -0.141. The van der Waals surface area contributed by atoms with E-state index in [1.54, 1.807) is 6.07 Å². The molecule has 4 aromatic heterocycles. The molecule has 0 aliphatic carbocycles. The Bertz CT molecular complexity index is 2470. The second-order valence-electron chi connectivity index (χ2n) is 14.3. The average molecular weight is 931 g/mol. The lowest BCUT2D eigenvalue weighted by Gasteiger charge is -2.22. The van der Waals surface area contributed by atoms with Gasteiger partial charge in [-0.2, -0.15) is 30.6 Å². The minimum Gasteiger partial charge on any atom is -0.304 e. The highest BCUT2D eigenvalue weighted by Crippen LogP contribution is 2.32. The van der Waals surface area contributed by atoms with Crippen LogP contribution in [0.1, 0.15) is 48.5 Å². The van der Waals surface area contributed by atoms with E-state index in [0.29, 0.717) is 40.3 Å². The van der Waals surface area contributed by atoms with Gasteiger partial charge in [0.05, 0.1) is 28.4 Å². The van der Waals surface area contributed by atoms with Gasteiger partial charge in [-0.1, -0.05) is 0 Å². The Kier molecular flexibility index (Phi) is 15.7. The third kappa shape index (κ3) is 12.6. The molecule has 2 aliphatic rings. The van der Waals surface area contributed by atoms with Crippen LogP contribution in [-0.4, -0.2) is 91.7 Å². The summed E-state index contributed by atoms with van der Waals surface area (Å²) in [5, 5.41) is 2.84. The van der Waals surface area contributed by atoms with E-state index in [-0.39, 0.29) is 61.7 Å². The van der Waals surface area contributed by atoms with Gasteiger partial charge in [-0.15, -0.1) is 12.4 Å². The Hall–Kier alpha value is -5.45. The largest absolute Gasteiger partial charge is 0.433 e. The molecule has 1 aromatic carbocycles. The van der Waals surface area contributed by atoms with E-state index in [9.17, 15) is 57.5 Å². The SMILES string of the molecule is Cl.O=C(CCc1cc(-c2ccc(C(F)(F)F)nc2)ncn1)[C@@H]1C[C@@H](F)CN1.O=C(CCc1cc(-c2ccc(C(F)(F)F)nc2)ncn1)[C@@H]1C[C@@H](F)CN1S(=O)(=O)c1ccc(F)cc1. The highest BCUT2D eigenvalue weighted by Gasteiger charge is 2.44. The maximum absolute atomic E-state index is 14.2. The van der Waals surface area contributed by atoms with E-state index in [2.05, 4.69) is 35.2 Å². The molecule has 4 atom stereocenters. The number of alkyl halides is 8. The normalized spacial score (nSPS) is 19.2. The van der Waals surface area contributed by atoms with Crippen molar-refractivity contribution in [3.8, 4) is 22.5 Å². The van der Waals surface area contributed by atoms with Gasteiger partial charge in [0.15, 0.2) is 5.78 Å². The zero-order valence-corrected chi connectivity index (χ0v) is 34.2. The first-order valence-electron chi connectivity index (χ1n) is 18.8. The second-order valence-corrected chi connectivity index (χ2v) is 16.1. The number of halogens is 10. The Balaban J connectivity index is 0.000000246. The fraction of sp³-hybridized carbons (Fsp3) is 0.350. The summed E-state index contributed by atoms with van der Waals surface area (Å²) in [6.07, 6.45) is -6.66. The molecule has 63 heavy (non-hydrogen) atoms. The molecule has 1 N–H and O–H groups in total. The Labute approximate surface area is 360 Å². The van der Waals surface area contributed by atoms with Gasteiger partial charge in [0.1, 0.15) is 48.0 Å². The third-order valence-electron chi connectivity index (χ3n) is 9.86. The quantitative estimate of drug-likeness (QED) is 0.126. The molecule has 0 unspecified atom stereocenters. The van der Waals surface area contributed by atoms with Crippen LogP contribution in [0.3, 0.4) is 0 Å². The second kappa shape index (κ2) is 20.4. The van der Waals surface area contributed by atoms with Crippen molar-refractivity contribution in [1.82, 2.24) is 39.5 Å². The minimum atomic E-state index is -4.58. The number of hydrogen-bond donors (Lipinski definition) is 1. The molecule has 23 heteroatoms. The van der Waals surface area contributed by atoms with Gasteiger partial charge in [-0.3, -0.25) is 19.6 Å². The molecule has 2 saturated heterocycles. The lowest BCUT2D eigenvalue weighted by Crippen LogP contribution is -2.40. The number of benzene rings is 1. The first-order chi connectivity index (χ1) is 29.3. The van der Waals surface area contributed by atoms with E-state index in [1.807, 2.05) is 0 Å². The van der Waals surface area contributed by atoms with Crippen LogP contribution in [0.4, 0.5) is 39.5 Å². The number of pyridine rings is 2. The highest BCUT2D eigenvalue weighted by atomic mass is 35.5. The van der Waals surface area contributed by atoms with Crippen molar-refractivity contribution < 1.29 is 57.5 Å². The monoisotopic (exact) mass is 930 g/mol. The summed E-state index contributed by atoms with van der Waals surface area (Å²) in [5.74, 6) is -1.23. The Morgan fingerprint density at radius 1 is 0.683 bits per heavy atom. The van der Waals surface area contributed by atoms with Crippen molar-refractivity contribution >= 4 is 34.0 Å². The standard InChI is InChI=1S/C23H19F5N4O3S.C17H16F4N4O.ClH/c24-15-2-5-18(6-3-15)36(34,35)32-12-16(25)9-20(32)21(33)7-4-17-10-19(31-13-30-17)14-1-8-22(29-11-14)23(26,27)28;18-11-5-14(22-8-11)15(26)3-2-12-6-13(25-9-24-12)10-1-4-16(23-7-10)17(19,20)21;/h1-3,5-6,8,10-11,13,16,20H,4,7,9,12H2;1,4,6-7,9,11,14,22H,2-3,5,8H2;1H/t16-,20+;11-,14+;/m11./s1. The number of nitrogens with one attached hydrogen (secondary N) is 1. The smallest absolute Gasteiger partial charge is 0.304 e. The van der Waals surface area contributed by atoms with Crippen LogP contribution in [0.2, 0.25) is 0 Å². The van der Waals surface area contributed by atoms with Gasteiger partial charge in [-0.05, 0) is 73.5 Å². The summed E-state index contributed by atoms with van der Waals surface area (Å²) in [6.45, 7) is -0.302. The van der Waals surface area contributed by atoms with Crippen molar-refractivity contribution in [3.63, 3.8) is 0 Å². The van der Waals surface area contributed by atoms with Crippen LogP contribution in [-0.2, 0) is 44.8 Å². The first kappa shape index (κ1) is 48.6. The summed E-state index contributed by atoms with van der Waals surface area (Å²) >= 11 is 0. The number of ketones is 2. The molecule has 0 amide bonds. The van der Waals surface area contributed by atoms with Crippen LogP contribution < -0.4 is 5.32 Å². The predicted molar refractivity (Wildman–Crippen MR) is 209 cm³/mol. The molecule has 7 rings (SSSR count). The number of aromatic nitrogens is 6. The average Bonchev–Trinajstić information content (AvgIpc) is 3.88. The van der Waals surface area contributed by atoms with E-state index < -0.39 is 76.3 Å². The zero-order chi connectivity index (χ0) is 44.8. The van der Waals surface area contributed by atoms with Gasteiger partial charge in [0, 0.05) is 73.7 Å². The summed E-state index contributed by atoms with van der Waals surface area (Å²) in [5.41, 5.74) is 0.390. The molecule has 336 valence electrons. The number of carbonyl (C=O) groups is 2. The molecule has 0 saturated carbocycles. The number of nitrogens with zero attached hydrogens (tertiary/aromatic N) is 7. The van der Waals surface area contributed by atoms with Gasteiger partial charge in [0.2, 0.25) is 10.0 Å². The predicted octanol–water partition coefficient (Wildman–Crippen LogP) is 7.18. The number of sulfonamides is 1. The molecule has 12 nitrogen and oxygen atoms in total. The van der Waals surface area contributed by atoms with E-state index in [1.165, 1.54) is 30.9 Å². The topological polar surface area (TPSA) is 161 Å². The number of aryl methyl sites for hydroxylation is 2. The van der Waals surface area contributed by atoms with E-state index >= 15 is 0 Å². The maximum atomic E-state index is 14.2. The lowest BCUT2D eigenvalue weighted by atomic mass is 10.0. The number of Topliss-reactive ketones (excluding diaryl/α,β-unsaturated/α-hetero) is 2. The van der Waals surface area contributed by atoms with Crippen molar-refractivity contribution in [1.29, 1.82) is 0 Å². The summed E-state index contributed by atoms with van der Waals surface area (Å²) in [6, 6.07) is 9.64. The van der Waals surface area contributed by atoms with Crippen LogP contribution in [0.25, 0.3) is 22.5 Å². The van der Waals surface area contributed by atoms with Gasteiger partial charge >= 0.3 is 12.4 Å². The molecule has 6 heterocycles. The van der Waals surface area contributed by atoms with Crippen molar-refractivity contribution in [2.75, 3.05) is 13.1 Å². The zero-order valence-electron chi connectivity index (χ0n) is 32.5. The summed E-state index contributed by atoms with van der Waals surface area (Å²) in [7, 11) is -4.23. The van der Waals surface area contributed by atoms with Crippen LogP contribution in [0.15, 0.2) is 90.6 Å². The van der Waals surface area contributed by atoms with Gasteiger partial charge in [0.25, 0.3) is 0 Å². The fourth-order valence-electron chi connectivity index (χ4n) is 6.65. The molecule has 0 spiro atoms. The van der Waals surface area contributed by atoms with Crippen LogP contribution >= 0.6 is 12.4 Å². The van der Waals surface area contributed by atoms with Gasteiger partial charge < -0.3 is 5.32 Å². The molecule has 5 aromatic rings. The maximum Gasteiger partial charge on any atom is 0.433 e. The molecule has 0 radical (unpaired) electrons. The van der Waals surface area contributed by atoms with E-state index in [4.69, 9.17) is 0 Å². The molecule has 0 bridgehead atoms. The van der Waals surface area contributed by atoms with Crippen molar-refractivity contribution in [2.24, 2.45) is 0 Å². The van der Waals surface area contributed by atoms with Crippen LogP contribution in [0.5, 0.6) is 0 Å². The Morgan fingerprint density at radius 3 is 1.63 bits per heavy atom. The number of hydrogen-bond acceptors (Lipinski definition) is 11. The molecular formula is C40H36ClF9N8O4S. The Morgan fingerprint density at radius 2 is 1.19 bits per heavy atom. The third-order valence-corrected chi connectivity index (χ3v) is 11.8. The first-order valence-corrected chi connectivity index (χ1v) is 20.3. The molecule has 2 fully saturated rings. The number of carbonyl (C=O) groups excluding carboxylic acids is 2. The van der Waals surface area contributed by atoms with Crippen molar-refractivity contribution in [3.05, 3.63) is 114 Å². The number of rotatable bonds is 12. The fourth-order valence-corrected chi connectivity index (χ4v) is 8.30. The van der Waals surface area contributed by atoms with E-state index in [0.717, 1.165) is 53.1 Å².